The van der Waals surface area contributed by atoms with Crippen LogP contribution in [0, 0.1) is 0 Å². The third-order valence-corrected chi connectivity index (χ3v) is 3.80. The van der Waals surface area contributed by atoms with Gasteiger partial charge in [0.1, 0.15) is 5.75 Å². The van der Waals surface area contributed by atoms with Crippen LogP contribution in [0.3, 0.4) is 0 Å². The van der Waals surface area contributed by atoms with Crippen molar-refractivity contribution in [3.05, 3.63) is 33.6 Å². The molecule has 5 heteroatoms. The molecule has 0 aliphatic carbocycles. The van der Waals surface area contributed by atoms with Gasteiger partial charge < -0.3 is 14.8 Å². The van der Waals surface area contributed by atoms with E-state index in [0.717, 1.165) is 27.3 Å². The van der Waals surface area contributed by atoms with Crippen LogP contribution in [0.5, 0.6) is 5.75 Å². The minimum absolute atomic E-state index is 0.0469. The van der Waals surface area contributed by atoms with Crippen LogP contribution in [-0.2, 0) is 13.0 Å². The van der Waals surface area contributed by atoms with Crippen molar-refractivity contribution in [1.29, 1.82) is 0 Å². The lowest BCUT2D eigenvalue weighted by atomic mass is 10.1. The molecule has 2 aromatic rings. The molecule has 0 amide bonds. The van der Waals surface area contributed by atoms with Gasteiger partial charge in [0.15, 0.2) is 0 Å². The first-order valence-electron chi connectivity index (χ1n) is 5.42. The van der Waals surface area contributed by atoms with E-state index in [1.54, 1.807) is 0 Å². The monoisotopic (exact) mass is 249 g/mol. The summed E-state index contributed by atoms with van der Waals surface area (Å²) in [6.07, 6.45) is 0.661. The smallest absolute Gasteiger partial charge is 0.255 e. The first kappa shape index (κ1) is 10.8. The fourth-order valence-electron chi connectivity index (χ4n) is 2.23. The molecule has 88 valence electrons. The molecular formula is C12H12NO3P. The number of nitrogens with one attached hydrogen (secondary N) is 1. The van der Waals surface area contributed by atoms with Gasteiger partial charge in [0.05, 0.1) is 24.3 Å². The van der Waals surface area contributed by atoms with Crippen LogP contribution < -0.4 is 15.6 Å². The molecule has 4 nitrogen and oxygen atoms in total. The Bertz CT molecular complexity index is 663. The van der Waals surface area contributed by atoms with Gasteiger partial charge in [-0.1, -0.05) is 6.07 Å². The summed E-state index contributed by atoms with van der Waals surface area (Å²) in [5, 5.41) is 10.9. The number of aromatic nitrogens is 1. The normalized spacial score (nSPS) is 13.8. The van der Waals surface area contributed by atoms with E-state index < -0.39 is 0 Å². The number of pyridine rings is 1. The number of fused-ring (bicyclic) bond motifs is 3. The van der Waals surface area contributed by atoms with E-state index in [9.17, 15) is 9.90 Å². The summed E-state index contributed by atoms with van der Waals surface area (Å²) >= 11 is 0. The number of ether oxygens (including phenoxy) is 1. The number of benzene rings is 1. The fourth-order valence-corrected chi connectivity index (χ4v) is 2.64. The fraction of sp³-hybridized carbons (Fsp3) is 0.250. The van der Waals surface area contributed by atoms with Crippen molar-refractivity contribution in [3.63, 3.8) is 0 Å². The Hall–Kier alpha value is -1.38. The van der Waals surface area contributed by atoms with Gasteiger partial charge in [-0.15, -0.1) is 9.24 Å². The summed E-state index contributed by atoms with van der Waals surface area (Å²) in [6.45, 7) is 0.514. The van der Waals surface area contributed by atoms with Crippen molar-refractivity contribution in [2.45, 2.75) is 13.0 Å². The topological polar surface area (TPSA) is 62.3 Å². The second-order valence-corrected chi connectivity index (χ2v) is 4.66. The van der Waals surface area contributed by atoms with Gasteiger partial charge >= 0.3 is 0 Å². The summed E-state index contributed by atoms with van der Waals surface area (Å²) in [5.41, 5.74) is 2.14. The highest BCUT2D eigenvalue weighted by atomic mass is 31.0. The zero-order chi connectivity index (χ0) is 12.0. The number of hydrogen-bond donors (Lipinski definition) is 2. The summed E-state index contributed by atoms with van der Waals surface area (Å²) in [7, 11) is 2.56. The lowest BCUT2D eigenvalue weighted by Crippen LogP contribution is -2.15. The van der Waals surface area contributed by atoms with E-state index >= 15 is 0 Å². The number of aliphatic hydroxyl groups excluding tert-OH is 1. The maximum absolute atomic E-state index is 11.9. The predicted octanol–water partition coefficient (Wildman–Crippen LogP) is 0.456. The number of aromatic amines is 1. The van der Waals surface area contributed by atoms with Gasteiger partial charge in [-0.3, -0.25) is 4.79 Å². The van der Waals surface area contributed by atoms with Gasteiger partial charge in [0.25, 0.3) is 5.56 Å². The Morgan fingerprint density at radius 2 is 2.29 bits per heavy atom. The molecule has 2 heterocycles. The van der Waals surface area contributed by atoms with Crippen LogP contribution in [0.4, 0.5) is 0 Å². The van der Waals surface area contributed by atoms with Crippen molar-refractivity contribution >= 4 is 25.4 Å². The van der Waals surface area contributed by atoms with Crippen LogP contribution in [0.2, 0.25) is 0 Å². The van der Waals surface area contributed by atoms with Gasteiger partial charge in [-0.2, -0.15) is 0 Å². The van der Waals surface area contributed by atoms with Crippen molar-refractivity contribution in [2.24, 2.45) is 0 Å². The van der Waals surface area contributed by atoms with Crippen LogP contribution in [0.15, 0.2) is 16.9 Å². The minimum atomic E-state index is -0.0937. The van der Waals surface area contributed by atoms with Gasteiger partial charge in [0, 0.05) is 11.8 Å². The number of aliphatic hydroxyl groups is 1. The Morgan fingerprint density at radius 1 is 1.47 bits per heavy atom. The lowest BCUT2D eigenvalue weighted by molar-refractivity contribution is 0.283. The lowest BCUT2D eigenvalue weighted by Gasteiger charge is -2.09. The molecule has 0 saturated heterocycles. The molecule has 0 saturated carbocycles. The van der Waals surface area contributed by atoms with Crippen molar-refractivity contribution in [2.75, 3.05) is 6.61 Å². The first-order chi connectivity index (χ1) is 8.22. The standard InChI is InChI=1S/C12H12NO3P/c14-5-6-1-2-7-9(11(6)17)13-12(15)8-3-4-16-10(7)8/h1-2,14H,3-5,17H2,(H,13,15). The quantitative estimate of drug-likeness (QED) is 0.721. The molecule has 0 fully saturated rings. The van der Waals surface area contributed by atoms with E-state index in [1.165, 1.54) is 0 Å². The summed E-state index contributed by atoms with van der Waals surface area (Å²) in [4.78, 5) is 14.7. The van der Waals surface area contributed by atoms with Crippen LogP contribution >= 0.6 is 9.24 Å². The van der Waals surface area contributed by atoms with Crippen molar-refractivity contribution < 1.29 is 9.84 Å². The second kappa shape index (κ2) is 3.83. The number of H-pyrrole nitrogens is 1. The molecule has 17 heavy (non-hydrogen) atoms. The predicted molar refractivity (Wildman–Crippen MR) is 69.0 cm³/mol. The maximum atomic E-state index is 11.9. The number of hydrogen-bond acceptors (Lipinski definition) is 3. The molecule has 1 aliphatic heterocycles. The molecular weight excluding hydrogens is 237 g/mol. The molecule has 0 spiro atoms. The van der Waals surface area contributed by atoms with Gasteiger partial charge in [-0.05, 0) is 16.9 Å². The van der Waals surface area contributed by atoms with E-state index in [4.69, 9.17) is 4.74 Å². The van der Waals surface area contributed by atoms with E-state index in [0.29, 0.717) is 18.8 Å². The number of rotatable bonds is 1. The maximum Gasteiger partial charge on any atom is 0.255 e. The van der Waals surface area contributed by atoms with Crippen molar-refractivity contribution in [1.82, 2.24) is 4.98 Å². The highest BCUT2D eigenvalue weighted by Crippen LogP contribution is 2.30. The average Bonchev–Trinajstić information content (AvgIpc) is 2.81. The molecule has 2 N–H and O–H groups in total. The van der Waals surface area contributed by atoms with Crippen LogP contribution in [-0.4, -0.2) is 16.7 Å². The minimum Gasteiger partial charge on any atom is -0.492 e. The van der Waals surface area contributed by atoms with E-state index in [2.05, 4.69) is 14.2 Å². The Kier molecular flexibility index (Phi) is 2.42. The molecule has 1 unspecified atom stereocenters. The average molecular weight is 249 g/mol. The third-order valence-electron chi connectivity index (χ3n) is 3.14. The zero-order valence-electron chi connectivity index (χ0n) is 9.12. The molecule has 3 rings (SSSR count). The Morgan fingerprint density at radius 3 is 3.06 bits per heavy atom. The molecule has 1 aliphatic rings. The molecule has 1 atom stereocenters. The first-order valence-corrected chi connectivity index (χ1v) is 6.00. The van der Waals surface area contributed by atoms with Crippen LogP contribution in [0.1, 0.15) is 11.1 Å². The second-order valence-electron chi connectivity index (χ2n) is 4.08. The Labute approximate surface area is 99.8 Å². The van der Waals surface area contributed by atoms with E-state index in [-0.39, 0.29) is 12.2 Å². The highest BCUT2D eigenvalue weighted by Gasteiger charge is 2.20. The molecule has 0 bridgehead atoms. The van der Waals surface area contributed by atoms with E-state index in [1.807, 2.05) is 12.1 Å². The largest absolute Gasteiger partial charge is 0.492 e. The zero-order valence-corrected chi connectivity index (χ0v) is 10.3. The van der Waals surface area contributed by atoms with Gasteiger partial charge in [-0.25, -0.2) is 0 Å². The third kappa shape index (κ3) is 1.48. The van der Waals surface area contributed by atoms with Crippen molar-refractivity contribution in [3.8, 4) is 5.75 Å². The summed E-state index contributed by atoms with van der Waals surface area (Å²) in [5.74, 6) is 0.692. The van der Waals surface area contributed by atoms with Gasteiger partial charge in [0.2, 0.25) is 0 Å². The summed E-state index contributed by atoms with van der Waals surface area (Å²) in [6, 6.07) is 3.74. The summed E-state index contributed by atoms with van der Waals surface area (Å²) < 4.78 is 5.53. The molecule has 0 radical (unpaired) electrons. The van der Waals surface area contributed by atoms with Crippen LogP contribution in [0.25, 0.3) is 10.9 Å². The SMILES string of the molecule is O=c1[nH]c2c(P)c(CO)ccc2c2c1CCO2. The molecule has 1 aromatic heterocycles. The highest BCUT2D eigenvalue weighted by molar-refractivity contribution is 7.28. The molecule has 1 aromatic carbocycles. The Balaban J connectivity index is 2.45.